The molecule has 1 aliphatic rings. The fourth-order valence-corrected chi connectivity index (χ4v) is 2.18. The molecule has 1 amide bonds. The summed E-state index contributed by atoms with van der Waals surface area (Å²) >= 11 is 0. The first-order valence-corrected chi connectivity index (χ1v) is 7.41. The molecule has 1 fully saturated rings. The van der Waals surface area contributed by atoms with Crippen molar-refractivity contribution in [2.24, 2.45) is 0 Å². The van der Waals surface area contributed by atoms with Crippen LogP contribution >= 0.6 is 0 Å². The standard InChI is InChI=1S/C16H23NO3/c1-2-3-4-11-20-15-7-5-14(6-8-15)16(18)17-9-12-19-13-10-17/h5-8H,2-4,9-13H2,1H3. The number of nitrogens with zero attached hydrogens (tertiary/aromatic N) is 1. The van der Waals surface area contributed by atoms with E-state index in [-0.39, 0.29) is 5.91 Å². The van der Waals surface area contributed by atoms with E-state index in [2.05, 4.69) is 6.92 Å². The SMILES string of the molecule is CCCCCOc1ccc(C(=O)N2CCOCC2)cc1. The second kappa shape index (κ2) is 7.90. The van der Waals surface area contributed by atoms with Crippen LogP contribution in [-0.2, 0) is 4.74 Å². The monoisotopic (exact) mass is 277 g/mol. The van der Waals surface area contributed by atoms with Gasteiger partial charge in [-0.25, -0.2) is 0 Å². The minimum absolute atomic E-state index is 0.0748. The van der Waals surface area contributed by atoms with E-state index in [4.69, 9.17) is 9.47 Å². The molecule has 4 heteroatoms. The summed E-state index contributed by atoms with van der Waals surface area (Å²) in [5.41, 5.74) is 0.716. The summed E-state index contributed by atoms with van der Waals surface area (Å²) < 4.78 is 10.9. The average molecular weight is 277 g/mol. The maximum atomic E-state index is 12.2. The van der Waals surface area contributed by atoms with Crippen molar-refractivity contribution in [1.82, 2.24) is 4.90 Å². The first kappa shape index (κ1) is 14.9. The number of carbonyl (C=O) groups excluding carboxylic acids is 1. The highest BCUT2D eigenvalue weighted by atomic mass is 16.5. The first-order valence-electron chi connectivity index (χ1n) is 7.41. The number of hydrogen-bond donors (Lipinski definition) is 0. The lowest BCUT2D eigenvalue weighted by Gasteiger charge is -2.26. The van der Waals surface area contributed by atoms with Crippen LogP contribution in [0, 0.1) is 0 Å². The van der Waals surface area contributed by atoms with Gasteiger partial charge in [-0.2, -0.15) is 0 Å². The van der Waals surface area contributed by atoms with Crippen molar-refractivity contribution in [2.45, 2.75) is 26.2 Å². The van der Waals surface area contributed by atoms with E-state index in [1.165, 1.54) is 12.8 Å². The van der Waals surface area contributed by atoms with Gasteiger partial charge in [-0.15, -0.1) is 0 Å². The first-order chi connectivity index (χ1) is 9.81. The molecule has 1 heterocycles. The van der Waals surface area contributed by atoms with Crippen molar-refractivity contribution < 1.29 is 14.3 Å². The molecule has 0 aliphatic carbocycles. The Morgan fingerprint density at radius 1 is 1.20 bits per heavy atom. The summed E-state index contributed by atoms with van der Waals surface area (Å²) in [4.78, 5) is 14.1. The molecule has 20 heavy (non-hydrogen) atoms. The highest BCUT2D eigenvalue weighted by Gasteiger charge is 2.18. The number of unbranched alkanes of at least 4 members (excludes halogenated alkanes) is 2. The third-order valence-corrected chi connectivity index (χ3v) is 3.42. The predicted molar refractivity (Wildman–Crippen MR) is 78.2 cm³/mol. The number of morpholine rings is 1. The van der Waals surface area contributed by atoms with Crippen molar-refractivity contribution in [3.63, 3.8) is 0 Å². The van der Waals surface area contributed by atoms with Crippen LogP contribution in [0.2, 0.25) is 0 Å². The summed E-state index contributed by atoms with van der Waals surface area (Å²) in [5, 5.41) is 0. The molecule has 1 aromatic rings. The van der Waals surface area contributed by atoms with E-state index in [0.29, 0.717) is 31.9 Å². The number of hydrogen-bond acceptors (Lipinski definition) is 3. The maximum Gasteiger partial charge on any atom is 0.254 e. The number of rotatable bonds is 6. The summed E-state index contributed by atoms with van der Waals surface area (Å²) in [7, 11) is 0. The summed E-state index contributed by atoms with van der Waals surface area (Å²) in [6.45, 7) is 5.52. The van der Waals surface area contributed by atoms with Crippen LogP contribution < -0.4 is 4.74 Å². The van der Waals surface area contributed by atoms with Crippen molar-refractivity contribution in [3.8, 4) is 5.75 Å². The van der Waals surface area contributed by atoms with Gasteiger partial charge in [0.1, 0.15) is 5.75 Å². The minimum Gasteiger partial charge on any atom is -0.494 e. The van der Waals surface area contributed by atoms with E-state index >= 15 is 0 Å². The molecule has 1 saturated heterocycles. The number of ether oxygens (including phenoxy) is 2. The molecule has 0 atom stereocenters. The Morgan fingerprint density at radius 3 is 2.55 bits per heavy atom. The molecule has 0 unspecified atom stereocenters. The molecule has 0 aromatic heterocycles. The van der Waals surface area contributed by atoms with Gasteiger partial charge < -0.3 is 14.4 Å². The van der Waals surface area contributed by atoms with Crippen LogP contribution in [0.4, 0.5) is 0 Å². The Kier molecular flexibility index (Phi) is 5.87. The lowest BCUT2D eigenvalue weighted by atomic mass is 10.2. The number of carbonyl (C=O) groups is 1. The Labute approximate surface area is 120 Å². The van der Waals surface area contributed by atoms with E-state index in [0.717, 1.165) is 18.8 Å². The van der Waals surface area contributed by atoms with Crippen molar-refractivity contribution >= 4 is 5.91 Å². The van der Waals surface area contributed by atoms with Crippen LogP contribution in [0.1, 0.15) is 36.5 Å². The van der Waals surface area contributed by atoms with Crippen LogP contribution in [0.25, 0.3) is 0 Å². The lowest BCUT2D eigenvalue weighted by molar-refractivity contribution is 0.0303. The van der Waals surface area contributed by atoms with Gasteiger partial charge in [0.25, 0.3) is 5.91 Å². The van der Waals surface area contributed by atoms with Crippen molar-refractivity contribution in [1.29, 1.82) is 0 Å². The topological polar surface area (TPSA) is 38.8 Å². The molecule has 0 saturated carbocycles. The Morgan fingerprint density at radius 2 is 1.90 bits per heavy atom. The molecule has 2 rings (SSSR count). The highest BCUT2D eigenvalue weighted by Crippen LogP contribution is 2.15. The van der Waals surface area contributed by atoms with Crippen LogP contribution in [0.3, 0.4) is 0 Å². The van der Waals surface area contributed by atoms with Gasteiger partial charge in [0.2, 0.25) is 0 Å². The third-order valence-electron chi connectivity index (χ3n) is 3.42. The van der Waals surface area contributed by atoms with E-state index in [1.54, 1.807) is 0 Å². The fourth-order valence-electron chi connectivity index (χ4n) is 2.18. The fraction of sp³-hybridized carbons (Fsp3) is 0.562. The molecule has 0 radical (unpaired) electrons. The number of amides is 1. The van der Waals surface area contributed by atoms with Gasteiger partial charge in [-0.3, -0.25) is 4.79 Å². The van der Waals surface area contributed by atoms with Gasteiger partial charge in [0.05, 0.1) is 19.8 Å². The predicted octanol–water partition coefficient (Wildman–Crippen LogP) is 2.73. The summed E-state index contributed by atoms with van der Waals surface area (Å²) in [6.07, 6.45) is 3.45. The normalized spacial score (nSPS) is 15.2. The second-order valence-electron chi connectivity index (χ2n) is 4.98. The zero-order valence-corrected chi connectivity index (χ0v) is 12.1. The Bertz CT molecular complexity index is 410. The third kappa shape index (κ3) is 4.23. The number of benzene rings is 1. The smallest absolute Gasteiger partial charge is 0.254 e. The van der Waals surface area contributed by atoms with Gasteiger partial charge in [-0.1, -0.05) is 19.8 Å². The van der Waals surface area contributed by atoms with Gasteiger partial charge in [0.15, 0.2) is 0 Å². The lowest BCUT2D eigenvalue weighted by Crippen LogP contribution is -2.40. The van der Waals surface area contributed by atoms with Gasteiger partial charge in [-0.05, 0) is 30.7 Å². The zero-order valence-electron chi connectivity index (χ0n) is 12.1. The summed E-state index contributed by atoms with van der Waals surface area (Å²) in [5.74, 6) is 0.908. The summed E-state index contributed by atoms with van der Waals surface area (Å²) in [6, 6.07) is 7.43. The zero-order chi connectivity index (χ0) is 14.2. The molecule has 1 aromatic carbocycles. The Balaban J connectivity index is 1.85. The quantitative estimate of drug-likeness (QED) is 0.750. The minimum atomic E-state index is 0.0748. The Hall–Kier alpha value is -1.55. The molecule has 0 bridgehead atoms. The van der Waals surface area contributed by atoms with E-state index in [1.807, 2.05) is 29.2 Å². The molecular formula is C16H23NO3. The highest BCUT2D eigenvalue weighted by molar-refractivity contribution is 5.94. The molecule has 4 nitrogen and oxygen atoms in total. The van der Waals surface area contributed by atoms with Crippen LogP contribution in [-0.4, -0.2) is 43.7 Å². The van der Waals surface area contributed by atoms with Crippen LogP contribution in [0.5, 0.6) is 5.75 Å². The van der Waals surface area contributed by atoms with Gasteiger partial charge in [0, 0.05) is 18.7 Å². The van der Waals surface area contributed by atoms with E-state index in [9.17, 15) is 4.79 Å². The van der Waals surface area contributed by atoms with Crippen molar-refractivity contribution in [3.05, 3.63) is 29.8 Å². The molecule has 0 spiro atoms. The molecule has 1 aliphatic heterocycles. The van der Waals surface area contributed by atoms with Crippen LogP contribution in [0.15, 0.2) is 24.3 Å². The van der Waals surface area contributed by atoms with Crippen molar-refractivity contribution in [2.75, 3.05) is 32.9 Å². The second-order valence-corrected chi connectivity index (χ2v) is 4.98. The molecular weight excluding hydrogens is 254 g/mol. The molecule has 110 valence electrons. The largest absolute Gasteiger partial charge is 0.494 e. The van der Waals surface area contributed by atoms with Gasteiger partial charge >= 0.3 is 0 Å². The average Bonchev–Trinajstić information content (AvgIpc) is 2.52. The van der Waals surface area contributed by atoms with E-state index < -0.39 is 0 Å². The molecule has 0 N–H and O–H groups in total. The maximum absolute atomic E-state index is 12.2.